The van der Waals surface area contributed by atoms with Gasteiger partial charge < -0.3 is 14.6 Å². The van der Waals surface area contributed by atoms with Gasteiger partial charge in [-0.3, -0.25) is 0 Å². The molecule has 0 aliphatic carbocycles. The van der Waals surface area contributed by atoms with E-state index in [0.717, 1.165) is 37.7 Å². The van der Waals surface area contributed by atoms with Crippen molar-refractivity contribution in [3.05, 3.63) is 35.9 Å². The van der Waals surface area contributed by atoms with Crippen LogP contribution in [-0.4, -0.2) is 24.1 Å². The normalized spacial score (nSPS) is 14.2. The summed E-state index contributed by atoms with van der Waals surface area (Å²) < 4.78 is 12.7. The highest BCUT2D eigenvalue weighted by Gasteiger charge is 2.47. The predicted molar refractivity (Wildman–Crippen MR) is 118 cm³/mol. The third-order valence-corrected chi connectivity index (χ3v) is 5.53. The molecule has 0 aromatic heterocycles. The molecule has 0 heterocycles. The molecule has 1 aromatic rings. The largest absolute Gasteiger partial charge is 0.383 e. The van der Waals surface area contributed by atoms with Crippen LogP contribution >= 0.6 is 0 Å². The molecule has 0 spiro atoms. The van der Waals surface area contributed by atoms with Crippen LogP contribution in [0.3, 0.4) is 0 Å². The third-order valence-electron chi connectivity index (χ3n) is 5.53. The maximum absolute atomic E-state index is 11.4. The smallest absolute Gasteiger partial charge is 0.201 e. The summed E-state index contributed by atoms with van der Waals surface area (Å²) >= 11 is 0. The standard InChI is InChI=1S/C25H44O3/c1-5-9-10-11-12-16-19-23(8-4)25(27-20-6-2,28-21-7-3)24(26)22-17-14-13-15-18-22/h13-15,17-18,23-24,26H,5-12,16,19-21H2,1-4H3. The highest BCUT2D eigenvalue weighted by Crippen LogP contribution is 2.41. The van der Waals surface area contributed by atoms with Gasteiger partial charge in [0, 0.05) is 19.1 Å². The van der Waals surface area contributed by atoms with Crippen LogP contribution in [0.5, 0.6) is 0 Å². The molecule has 2 unspecified atom stereocenters. The van der Waals surface area contributed by atoms with E-state index in [0.29, 0.717) is 13.2 Å². The molecule has 1 rings (SSSR count). The number of aliphatic hydroxyl groups is 1. The van der Waals surface area contributed by atoms with Gasteiger partial charge in [0.15, 0.2) is 0 Å². The molecule has 0 amide bonds. The van der Waals surface area contributed by atoms with Gasteiger partial charge in [-0.15, -0.1) is 0 Å². The first kappa shape index (κ1) is 25.1. The fourth-order valence-corrected chi connectivity index (χ4v) is 3.91. The summed E-state index contributed by atoms with van der Waals surface area (Å²) in [5.74, 6) is -0.794. The lowest BCUT2D eigenvalue weighted by Gasteiger charge is -2.43. The quantitative estimate of drug-likeness (QED) is 0.228. The number of benzene rings is 1. The molecule has 0 aliphatic heterocycles. The summed E-state index contributed by atoms with van der Waals surface area (Å²) in [5, 5.41) is 11.4. The van der Waals surface area contributed by atoms with Crippen LogP contribution in [0.4, 0.5) is 0 Å². The van der Waals surface area contributed by atoms with Gasteiger partial charge >= 0.3 is 0 Å². The minimum Gasteiger partial charge on any atom is -0.383 e. The topological polar surface area (TPSA) is 38.7 Å². The van der Waals surface area contributed by atoms with Gasteiger partial charge in [-0.25, -0.2) is 0 Å². The number of rotatable bonds is 17. The van der Waals surface area contributed by atoms with E-state index in [-0.39, 0.29) is 5.92 Å². The summed E-state index contributed by atoms with van der Waals surface area (Å²) in [6.45, 7) is 9.85. The first-order valence-corrected chi connectivity index (χ1v) is 11.7. The molecule has 3 nitrogen and oxygen atoms in total. The van der Waals surface area contributed by atoms with Crippen LogP contribution in [0.25, 0.3) is 0 Å². The van der Waals surface area contributed by atoms with Crippen molar-refractivity contribution in [2.45, 2.75) is 104 Å². The summed E-state index contributed by atoms with van der Waals surface area (Å²) in [6.07, 6.45) is 10.6. The fourth-order valence-electron chi connectivity index (χ4n) is 3.91. The Labute approximate surface area is 173 Å². The number of ether oxygens (including phenoxy) is 2. The van der Waals surface area contributed by atoms with Crippen molar-refractivity contribution >= 4 is 0 Å². The Morgan fingerprint density at radius 3 is 1.89 bits per heavy atom. The zero-order valence-electron chi connectivity index (χ0n) is 18.8. The summed E-state index contributed by atoms with van der Waals surface area (Å²) in [5.41, 5.74) is 0.871. The SMILES string of the molecule is CCCCCCCCC(CC)C(OCCC)(OCCC)C(O)c1ccccc1. The zero-order valence-corrected chi connectivity index (χ0v) is 18.8. The average molecular weight is 393 g/mol. The minimum absolute atomic E-state index is 0.173. The molecule has 162 valence electrons. The zero-order chi connectivity index (χ0) is 20.7. The maximum atomic E-state index is 11.4. The second-order valence-corrected chi connectivity index (χ2v) is 7.89. The Hall–Kier alpha value is -0.900. The molecule has 28 heavy (non-hydrogen) atoms. The van der Waals surface area contributed by atoms with E-state index in [9.17, 15) is 5.11 Å². The predicted octanol–water partition coefficient (Wildman–Crippen LogP) is 7.05. The van der Waals surface area contributed by atoms with E-state index in [4.69, 9.17) is 9.47 Å². The van der Waals surface area contributed by atoms with Crippen LogP contribution in [0, 0.1) is 5.92 Å². The van der Waals surface area contributed by atoms with Gasteiger partial charge in [0.1, 0.15) is 6.10 Å². The van der Waals surface area contributed by atoms with Crippen molar-refractivity contribution in [3.8, 4) is 0 Å². The van der Waals surface area contributed by atoms with Crippen molar-refractivity contribution in [3.63, 3.8) is 0 Å². The maximum Gasteiger partial charge on any atom is 0.201 e. The van der Waals surface area contributed by atoms with Crippen LogP contribution in [-0.2, 0) is 9.47 Å². The first-order valence-electron chi connectivity index (χ1n) is 11.7. The van der Waals surface area contributed by atoms with Gasteiger partial charge in [-0.2, -0.15) is 0 Å². The highest BCUT2D eigenvalue weighted by atomic mass is 16.7. The van der Waals surface area contributed by atoms with Gasteiger partial charge in [0.2, 0.25) is 5.79 Å². The summed E-state index contributed by atoms with van der Waals surface area (Å²) in [7, 11) is 0. The third kappa shape index (κ3) is 7.85. The molecule has 0 saturated carbocycles. The monoisotopic (exact) mass is 392 g/mol. The molecule has 0 saturated heterocycles. The lowest BCUT2D eigenvalue weighted by atomic mass is 9.83. The summed E-state index contributed by atoms with van der Waals surface area (Å²) in [6, 6.07) is 9.86. The second kappa shape index (κ2) is 15.0. The van der Waals surface area contributed by atoms with Crippen LogP contribution in [0.2, 0.25) is 0 Å². The van der Waals surface area contributed by atoms with Gasteiger partial charge in [-0.1, -0.05) is 96.6 Å². The van der Waals surface area contributed by atoms with E-state index in [2.05, 4.69) is 27.7 Å². The van der Waals surface area contributed by atoms with Crippen molar-refractivity contribution < 1.29 is 14.6 Å². The Kier molecular flexibility index (Phi) is 13.5. The number of hydrogen-bond acceptors (Lipinski definition) is 3. The fraction of sp³-hybridized carbons (Fsp3) is 0.760. The molecule has 0 bridgehead atoms. The van der Waals surface area contributed by atoms with E-state index >= 15 is 0 Å². The Morgan fingerprint density at radius 2 is 1.36 bits per heavy atom. The minimum atomic E-state index is -0.967. The van der Waals surface area contributed by atoms with Crippen LogP contribution in [0.1, 0.15) is 104 Å². The molecular weight excluding hydrogens is 348 g/mol. The van der Waals surface area contributed by atoms with Gasteiger partial charge in [0.05, 0.1) is 0 Å². The van der Waals surface area contributed by atoms with E-state index in [1.54, 1.807) is 0 Å². The molecule has 1 aromatic carbocycles. The number of aliphatic hydroxyl groups excluding tert-OH is 1. The number of hydrogen-bond donors (Lipinski definition) is 1. The molecule has 1 N–H and O–H groups in total. The molecular formula is C25H44O3. The van der Waals surface area contributed by atoms with Crippen molar-refractivity contribution in [1.82, 2.24) is 0 Å². The lowest BCUT2D eigenvalue weighted by molar-refractivity contribution is -0.315. The lowest BCUT2D eigenvalue weighted by Crippen LogP contribution is -2.49. The van der Waals surface area contributed by atoms with Gasteiger partial charge in [0.25, 0.3) is 0 Å². The summed E-state index contributed by atoms with van der Waals surface area (Å²) in [4.78, 5) is 0. The second-order valence-electron chi connectivity index (χ2n) is 7.89. The van der Waals surface area contributed by atoms with Crippen LogP contribution in [0.15, 0.2) is 30.3 Å². The number of unbranched alkanes of at least 4 members (excludes halogenated alkanes) is 5. The molecule has 2 atom stereocenters. The van der Waals surface area contributed by atoms with Crippen molar-refractivity contribution in [2.24, 2.45) is 5.92 Å². The molecule has 3 heteroatoms. The van der Waals surface area contributed by atoms with E-state index < -0.39 is 11.9 Å². The van der Waals surface area contributed by atoms with Crippen molar-refractivity contribution in [1.29, 1.82) is 0 Å². The van der Waals surface area contributed by atoms with E-state index in [1.807, 2.05) is 30.3 Å². The Morgan fingerprint density at radius 1 is 0.786 bits per heavy atom. The molecule has 0 fully saturated rings. The van der Waals surface area contributed by atoms with Gasteiger partial charge in [-0.05, 0) is 31.2 Å². The van der Waals surface area contributed by atoms with E-state index in [1.165, 1.54) is 32.1 Å². The Bertz CT molecular complexity index is 466. The van der Waals surface area contributed by atoms with Crippen LogP contribution < -0.4 is 0 Å². The molecule has 0 aliphatic rings. The Balaban J connectivity index is 2.99. The molecule has 0 radical (unpaired) electrons. The van der Waals surface area contributed by atoms with Crippen molar-refractivity contribution in [2.75, 3.05) is 13.2 Å². The first-order chi connectivity index (χ1) is 13.7. The highest BCUT2D eigenvalue weighted by molar-refractivity contribution is 5.20. The average Bonchev–Trinajstić information content (AvgIpc) is 2.74.